The number of pyridine rings is 1. The van der Waals surface area contributed by atoms with Gasteiger partial charge in [0.1, 0.15) is 0 Å². The Hall–Kier alpha value is -0.800. The number of halogens is 1. The first-order valence-electron chi connectivity index (χ1n) is 5.66. The largest absolute Gasteiger partial charge is 0.368 e. The molecule has 0 amide bonds. The smallest absolute Gasteiger partial charge is 0.0509 e. The summed E-state index contributed by atoms with van der Waals surface area (Å²) in [5, 5.41) is 0. The molecule has 4 heteroatoms. The Balaban J connectivity index is 2.18. The molecule has 2 heterocycles. The van der Waals surface area contributed by atoms with Gasteiger partial charge in [-0.2, -0.15) is 0 Å². The van der Waals surface area contributed by atoms with Crippen molar-refractivity contribution in [3.63, 3.8) is 0 Å². The van der Waals surface area contributed by atoms with Crippen molar-refractivity contribution in [3.05, 3.63) is 24.0 Å². The average Bonchev–Trinajstić information content (AvgIpc) is 2.32. The maximum atomic E-state index is 5.94. The number of hydrogen-bond acceptors (Lipinski definition) is 3. The van der Waals surface area contributed by atoms with E-state index in [1.807, 2.05) is 12.4 Å². The fraction of sp³-hybridized carbons (Fsp3) is 0.583. The highest BCUT2D eigenvalue weighted by Crippen LogP contribution is 2.23. The zero-order chi connectivity index (χ0) is 11.5. The van der Waals surface area contributed by atoms with Crippen molar-refractivity contribution in [2.75, 3.05) is 31.6 Å². The Morgan fingerprint density at radius 2 is 2.31 bits per heavy atom. The number of piperazine rings is 1. The standard InChI is InChI=1S/C12H18ClN3/c1-10-9-16(6-5-15(10)2)12-3-4-14-8-11(12)7-13/h3-4,8,10H,5-7,9H2,1-2H3. The maximum Gasteiger partial charge on any atom is 0.0509 e. The lowest BCUT2D eigenvalue weighted by Gasteiger charge is -2.39. The molecule has 3 nitrogen and oxygen atoms in total. The summed E-state index contributed by atoms with van der Waals surface area (Å²) >= 11 is 5.94. The van der Waals surface area contributed by atoms with E-state index >= 15 is 0 Å². The highest BCUT2D eigenvalue weighted by molar-refractivity contribution is 6.17. The molecule has 1 atom stereocenters. The second-order valence-corrected chi connectivity index (χ2v) is 4.68. The third-order valence-electron chi connectivity index (χ3n) is 3.32. The van der Waals surface area contributed by atoms with Gasteiger partial charge in [-0.1, -0.05) is 0 Å². The summed E-state index contributed by atoms with van der Waals surface area (Å²) in [6.45, 7) is 5.48. The van der Waals surface area contributed by atoms with Crippen LogP contribution in [0.25, 0.3) is 0 Å². The number of hydrogen-bond donors (Lipinski definition) is 0. The third kappa shape index (κ3) is 2.30. The molecule has 2 rings (SSSR count). The molecule has 0 radical (unpaired) electrons. The van der Waals surface area contributed by atoms with Crippen LogP contribution in [0.3, 0.4) is 0 Å². The third-order valence-corrected chi connectivity index (χ3v) is 3.61. The van der Waals surface area contributed by atoms with E-state index in [0.29, 0.717) is 11.9 Å². The quantitative estimate of drug-likeness (QED) is 0.736. The van der Waals surface area contributed by atoms with Crippen molar-refractivity contribution in [1.29, 1.82) is 0 Å². The van der Waals surface area contributed by atoms with Crippen LogP contribution < -0.4 is 4.90 Å². The zero-order valence-electron chi connectivity index (χ0n) is 9.86. The second-order valence-electron chi connectivity index (χ2n) is 4.41. The van der Waals surface area contributed by atoms with E-state index in [9.17, 15) is 0 Å². The number of aromatic nitrogens is 1. The van der Waals surface area contributed by atoms with E-state index in [1.54, 1.807) is 0 Å². The van der Waals surface area contributed by atoms with Gasteiger partial charge in [-0.15, -0.1) is 11.6 Å². The Morgan fingerprint density at radius 3 is 3.00 bits per heavy atom. The van der Waals surface area contributed by atoms with Crippen molar-refractivity contribution in [1.82, 2.24) is 9.88 Å². The summed E-state index contributed by atoms with van der Waals surface area (Å²) in [5.74, 6) is 0.532. The van der Waals surface area contributed by atoms with Crippen LogP contribution in [0.5, 0.6) is 0 Å². The highest BCUT2D eigenvalue weighted by atomic mass is 35.5. The molecule has 0 bridgehead atoms. The molecule has 0 aromatic carbocycles. The Kier molecular flexibility index (Phi) is 3.66. The van der Waals surface area contributed by atoms with Gasteiger partial charge in [0.05, 0.1) is 5.88 Å². The van der Waals surface area contributed by atoms with E-state index in [4.69, 9.17) is 11.6 Å². The number of likely N-dealkylation sites (N-methyl/N-ethyl adjacent to an activating group) is 1. The van der Waals surface area contributed by atoms with Gasteiger partial charge in [-0.05, 0) is 20.0 Å². The summed E-state index contributed by atoms with van der Waals surface area (Å²) in [5.41, 5.74) is 2.37. The predicted molar refractivity (Wildman–Crippen MR) is 68.1 cm³/mol. The first kappa shape index (κ1) is 11.7. The number of alkyl halides is 1. The first-order chi connectivity index (χ1) is 7.72. The van der Waals surface area contributed by atoms with Crippen LogP contribution in [-0.4, -0.2) is 42.6 Å². The van der Waals surface area contributed by atoms with Crippen LogP contribution in [-0.2, 0) is 5.88 Å². The molecule has 1 fully saturated rings. The molecule has 16 heavy (non-hydrogen) atoms. The molecular weight excluding hydrogens is 222 g/mol. The minimum Gasteiger partial charge on any atom is -0.368 e. The van der Waals surface area contributed by atoms with Crippen molar-refractivity contribution < 1.29 is 0 Å². The van der Waals surface area contributed by atoms with Crippen LogP contribution in [0.4, 0.5) is 5.69 Å². The first-order valence-corrected chi connectivity index (χ1v) is 6.20. The average molecular weight is 240 g/mol. The molecule has 0 aliphatic carbocycles. The fourth-order valence-electron chi connectivity index (χ4n) is 2.10. The Morgan fingerprint density at radius 1 is 1.50 bits per heavy atom. The van der Waals surface area contributed by atoms with Crippen molar-refractivity contribution in [2.24, 2.45) is 0 Å². The summed E-state index contributed by atoms with van der Waals surface area (Å²) in [6.07, 6.45) is 3.71. The normalized spacial score (nSPS) is 22.4. The van der Waals surface area contributed by atoms with Crippen LogP contribution in [0.2, 0.25) is 0 Å². The van der Waals surface area contributed by atoms with Crippen molar-refractivity contribution in [3.8, 4) is 0 Å². The molecule has 1 aromatic rings. The van der Waals surface area contributed by atoms with Gasteiger partial charge < -0.3 is 9.80 Å². The molecule has 1 saturated heterocycles. The molecule has 0 N–H and O–H groups in total. The van der Waals surface area contributed by atoms with E-state index < -0.39 is 0 Å². The molecule has 0 spiro atoms. The van der Waals surface area contributed by atoms with Gasteiger partial charge in [0.2, 0.25) is 0 Å². The highest BCUT2D eigenvalue weighted by Gasteiger charge is 2.21. The molecule has 1 unspecified atom stereocenters. The maximum absolute atomic E-state index is 5.94. The van der Waals surface area contributed by atoms with Crippen LogP contribution in [0, 0.1) is 0 Å². The topological polar surface area (TPSA) is 19.4 Å². The minimum atomic E-state index is 0.532. The molecule has 88 valence electrons. The van der Waals surface area contributed by atoms with Gasteiger partial charge in [-0.3, -0.25) is 4.98 Å². The Bertz CT molecular complexity index is 356. The van der Waals surface area contributed by atoms with Gasteiger partial charge >= 0.3 is 0 Å². The van der Waals surface area contributed by atoms with E-state index in [-0.39, 0.29) is 0 Å². The van der Waals surface area contributed by atoms with Gasteiger partial charge in [-0.25, -0.2) is 0 Å². The SMILES string of the molecule is CC1CN(c2ccncc2CCl)CCN1C. The number of nitrogens with zero attached hydrogens (tertiary/aromatic N) is 3. The van der Waals surface area contributed by atoms with Gasteiger partial charge in [0.25, 0.3) is 0 Å². The summed E-state index contributed by atoms with van der Waals surface area (Å²) in [6, 6.07) is 2.65. The molecule has 0 saturated carbocycles. The van der Waals surface area contributed by atoms with Crippen molar-refractivity contribution >= 4 is 17.3 Å². The lowest BCUT2D eigenvalue weighted by Crippen LogP contribution is -2.50. The number of anilines is 1. The monoisotopic (exact) mass is 239 g/mol. The van der Waals surface area contributed by atoms with Gasteiger partial charge in [0.15, 0.2) is 0 Å². The minimum absolute atomic E-state index is 0.532. The second kappa shape index (κ2) is 5.02. The van der Waals surface area contributed by atoms with Crippen molar-refractivity contribution in [2.45, 2.75) is 18.8 Å². The van der Waals surface area contributed by atoms with E-state index in [0.717, 1.165) is 25.2 Å². The Labute approximate surface area is 102 Å². The van der Waals surface area contributed by atoms with Gasteiger partial charge in [0, 0.05) is 49.3 Å². The molecular formula is C12H18ClN3. The van der Waals surface area contributed by atoms with Crippen LogP contribution in [0.1, 0.15) is 12.5 Å². The zero-order valence-corrected chi connectivity index (χ0v) is 10.6. The number of rotatable bonds is 2. The summed E-state index contributed by atoms with van der Waals surface area (Å²) in [4.78, 5) is 8.92. The lowest BCUT2D eigenvalue weighted by molar-refractivity contribution is 0.234. The summed E-state index contributed by atoms with van der Waals surface area (Å²) in [7, 11) is 2.18. The lowest BCUT2D eigenvalue weighted by atomic mass is 10.1. The van der Waals surface area contributed by atoms with E-state index in [1.165, 1.54) is 5.69 Å². The fourth-order valence-corrected chi connectivity index (χ4v) is 2.30. The van der Waals surface area contributed by atoms with Crippen LogP contribution >= 0.6 is 11.6 Å². The molecule has 1 aliphatic rings. The van der Waals surface area contributed by atoms with E-state index in [2.05, 4.69) is 34.8 Å². The molecule has 1 aromatic heterocycles. The predicted octanol–water partition coefficient (Wildman–Crippen LogP) is 1.96. The van der Waals surface area contributed by atoms with Crippen LogP contribution in [0.15, 0.2) is 18.5 Å². The summed E-state index contributed by atoms with van der Waals surface area (Å²) < 4.78 is 0. The molecule has 1 aliphatic heterocycles.